The third-order valence-corrected chi connectivity index (χ3v) is 20.1. The molecule has 0 saturated carbocycles. The van der Waals surface area contributed by atoms with Crippen molar-refractivity contribution in [3.63, 3.8) is 0 Å². The third kappa shape index (κ3) is 20.5. The first-order valence-corrected chi connectivity index (χ1v) is 30.6. The van der Waals surface area contributed by atoms with E-state index in [0.29, 0.717) is 5.92 Å². The number of unbranched alkanes of at least 4 members (excludes halogenated alkanes) is 18. The van der Waals surface area contributed by atoms with Crippen molar-refractivity contribution in [2.24, 2.45) is 5.92 Å². The molecular weight excluding hydrogens is 927 g/mol. The monoisotopic (exact) mass is 1020 g/mol. The fraction of sp³-hybridized carbons (Fsp3) is 0.645. The Morgan fingerprint density at radius 3 is 0.821 bits per heavy atom. The molecule has 0 heterocycles. The van der Waals surface area contributed by atoms with E-state index in [9.17, 15) is 0 Å². The van der Waals surface area contributed by atoms with E-state index in [1.165, 1.54) is 193 Å². The molecule has 0 atom stereocenters. The van der Waals surface area contributed by atoms with E-state index < -0.39 is 8.07 Å². The van der Waals surface area contributed by atoms with Gasteiger partial charge in [-0.15, -0.1) is 0 Å². The molecular formula is C62H97Cl3SiTi. The van der Waals surface area contributed by atoms with E-state index in [1.807, 2.05) is 0 Å². The largest absolute Gasteiger partial charge is 1.00 e. The molecule has 0 aliphatic heterocycles. The van der Waals surface area contributed by atoms with Gasteiger partial charge in [-0.25, -0.2) is 0 Å². The molecule has 67 heavy (non-hydrogen) atoms. The molecule has 0 amide bonds. The van der Waals surface area contributed by atoms with E-state index in [4.69, 9.17) is 0 Å². The van der Waals surface area contributed by atoms with Gasteiger partial charge in [0, 0.05) is 0 Å². The summed E-state index contributed by atoms with van der Waals surface area (Å²) < 4.78 is 1.54. The van der Waals surface area contributed by atoms with Gasteiger partial charge in [0.2, 0.25) is 0 Å². The van der Waals surface area contributed by atoms with Crippen LogP contribution < -0.4 is 52.8 Å². The Kier molecular flexibility index (Phi) is 35.1. The normalized spacial score (nSPS) is 12.6. The standard InChI is InChI=1S/C62H97Si.3ClH.Ti/c1-9-15-21-27-34-52-42-53(35-28-22-16-10-2)46-58(45-52)63(62-41-33-40-61(62)51(7)8,59-47-54(36-29-23-17-11-3)43-55(48-59)37-30-24-18-12-4)60-49-56(38-31-25-19-13-5)44-57(50-60)39-32-26-20-14-6;;;;/h33,42-51H,9-32,34-39,41H2,1-8H3;3*1H;/q;;;;+3/p-3. The minimum Gasteiger partial charge on any atom is -1.00 e. The number of hydrogen-bond acceptors (Lipinski definition) is 0. The summed E-state index contributed by atoms with van der Waals surface area (Å²) in [5.41, 5.74) is 11.3. The zero-order chi connectivity index (χ0) is 46.0. The van der Waals surface area contributed by atoms with Gasteiger partial charge in [-0.1, -0.05) is 41.5 Å². The van der Waals surface area contributed by atoms with Crippen LogP contribution in [0.4, 0.5) is 0 Å². The van der Waals surface area contributed by atoms with Crippen LogP contribution in [0.25, 0.3) is 0 Å². The summed E-state index contributed by atoms with van der Waals surface area (Å²) in [6, 6.07) is 24.9. The average Bonchev–Trinajstić information content (AvgIpc) is 3.69. The van der Waals surface area contributed by atoms with E-state index in [-0.39, 0.29) is 37.2 Å². The van der Waals surface area contributed by atoms with Gasteiger partial charge in [-0.2, -0.15) is 0 Å². The summed E-state index contributed by atoms with van der Waals surface area (Å²) in [5, 5.41) is 6.90. The zero-order valence-corrected chi connectivity index (χ0v) is 49.2. The molecule has 0 unspecified atom stereocenters. The number of allylic oxidation sites excluding steroid dienone is 4. The summed E-state index contributed by atoms with van der Waals surface area (Å²) >= 11 is 2.46. The molecule has 1 aliphatic rings. The first-order valence-electron chi connectivity index (χ1n) is 27.8. The molecule has 0 bridgehead atoms. The van der Waals surface area contributed by atoms with Crippen molar-refractivity contribution < 1.29 is 57.7 Å². The minimum atomic E-state index is -2.85. The van der Waals surface area contributed by atoms with E-state index in [1.54, 1.807) is 63.6 Å². The second kappa shape index (κ2) is 36.8. The quantitative estimate of drug-likeness (QED) is 0.0317. The number of benzene rings is 3. The maximum Gasteiger partial charge on any atom is -1.00 e. The van der Waals surface area contributed by atoms with Gasteiger partial charge in [0.25, 0.3) is 0 Å². The fourth-order valence-electron chi connectivity index (χ4n) is 11.0. The van der Waals surface area contributed by atoms with Crippen LogP contribution in [-0.4, -0.2) is 8.07 Å². The Hall–Kier alpha value is -1.06. The number of aryl methyl sites for hydroxylation is 6. The second-order valence-electron chi connectivity index (χ2n) is 20.6. The average molecular weight is 1020 g/mol. The van der Waals surface area contributed by atoms with Gasteiger partial charge in [0.15, 0.2) is 0 Å². The number of hydrogen-bond donors (Lipinski definition) is 0. The second-order valence-corrected chi connectivity index (χ2v) is 25.3. The maximum atomic E-state index is 2.82. The number of halogens is 3. The molecule has 3 aromatic carbocycles. The Morgan fingerprint density at radius 2 is 0.612 bits per heavy atom. The summed E-state index contributed by atoms with van der Waals surface area (Å²) in [7, 11) is -2.85. The van der Waals surface area contributed by atoms with Crippen molar-refractivity contribution in [3.05, 3.63) is 109 Å². The summed E-state index contributed by atoms with van der Waals surface area (Å²) in [6.07, 6.45) is 42.6. The molecule has 0 nitrogen and oxygen atoms in total. The zero-order valence-electron chi connectivity index (χ0n) is 44.4. The molecule has 4 rings (SSSR count). The predicted octanol–water partition coefficient (Wildman–Crippen LogP) is 8.23. The van der Waals surface area contributed by atoms with Gasteiger partial charge in [-0.05, 0) is 0 Å². The van der Waals surface area contributed by atoms with Crippen molar-refractivity contribution in [2.75, 3.05) is 0 Å². The van der Waals surface area contributed by atoms with Gasteiger partial charge >= 0.3 is 372 Å². The topological polar surface area (TPSA) is 0 Å². The third-order valence-electron chi connectivity index (χ3n) is 14.5. The van der Waals surface area contributed by atoms with Crippen LogP contribution in [0.1, 0.15) is 249 Å². The van der Waals surface area contributed by atoms with Crippen LogP contribution in [0.15, 0.2) is 75.3 Å². The van der Waals surface area contributed by atoms with Gasteiger partial charge in [0.1, 0.15) is 0 Å². The predicted molar refractivity (Wildman–Crippen MR) is 286 cm³/mol. The first kappa shape index (κ1) is 64.0. The summed E-state index contributed by atoms with van der Waals surface area (Å²) in [4.78, 5) is 0. The van der Waals surface area contributed by atoms with Crippen LogP contribution in [0.5, 0.6) is 0 Å². The summed E-state index contributed by atoms with van der Waals surface area (Å²) in [5.74, 6) is 0.489. The molecule has 0 N–H and O–H groups in total. The molecule has 0 radical (unpaired) electrons. The molecule has 3 aromatic rings. The Bertz CT molecular complexity index is 1580. The van der Waals surface area contributed by atoms with Crippen molar-refractivity contribution in [2.45, 2.75) is 254 Å². The molecule has 374 valence electrons. The minimum absolute atomic E-state index is 0. The summed E-state index contributed by atoms with van der Waals surface area (Å²) in [6.45, 7) is 19.2. The first-order chi connectivity index (χ1) is 31.2. The van der Waals surface area contributed by atoms with Gasteiger partial charge < -0.3 is 37.2 Å². The Morgan fingerprint density at radius 1 is 0.373 bits per heavy atom. The molecule has 1 aliphatic carbocycles. The van der Waals surface area contributed by atoms with Crippen LogP contribution in [0, 0.1) is 5.92 Å². The van der Waals surface area contributed by atoms with Crippen molar-refractivity contribution in [3.8, 4) is 0 Å². The molecule has 0 aromatic heterocycles. The van der Waals surface area contributed by atoms with Crippen molar-refractivity contribution >= 4 is 23.6 Å². The fourth-order valence-corrected chi connectivity index (χ4v) is 17.7. The van der Waals surface area contributed by atoms with Crippen LogP contribution in [-0.2, 0) is 59.0 Å². The van der Waals surface area contributed by atoms with Crippen molar-refractivity contribution in [1.29, 1.82) is 0 Å². The van der Waals surface area contributed by atoms with E-state index in [0.717, 1.165) is 6.42 Å². The molecule has 5 heteroatoms. The SMILES string of the molecule is CCCCCCc1cc(CCCCCC)cc([Si](C2=C(C(C)C)[C]([Ti+3])=CC2)(c2cc(CCCCCC)cc(CCCCCC)c2)c2cc(CCCCCC)cc(CCCCCC)c2)c1.[Cl-].[Cl-].[Cl-]. The van der Waals surface area contributed by atoms with Crippen LogP contribution in [0.3, 0.4) is 0 Å². The Balaban J connectivity index is 0.00000748. The van der Waals surface area contributed by atoms with Crippen LogP contribution >= 0.6 is 0 Å². The maximum absolute atomic E-state index is 2.85. The van der Waals surface area contributed by atoms with Crippen LogP contribution in [0.2, 0.25) is 0 Å². The van der Waals surface area contributed by atoms with Gasteiger partial charge in [0.05, 0.1) is 0 Å². The smallest absolute Gasteiger partial charge is 1.00 e. The Labute approximate surface area is 447 Å². The van der Waals surface area contributed by atoms with E-state index in [2.05, 4.69) is 136 Å². The molecule has 0 fully saturated rings. The molecule has 0 spiro atoms. The number of rotatable bonds is 35. The van der Waals surface area contributed by atoms with E-state index >= 15 is 0 Å². The van der Waals surface area contributed by atoms with Crippen molar-refractivity contribution in [1.82, 2.24) is 0 Å². The molecule has 0 saturated heterocycles. The van der Waals surface area contributed by atoms with Gasteiger partial charge in [-0.3, -0.25) is 0 Å².